The number of amides is 1. The number of methoxy groups -OCH3 is 1. The molecule has 0 spiro atoms. The summed E-state index contributed by atoms with van der Waals surface area (Å²) < 4.78 is 20.0. The first-order valence-electron chi connectivity index (χ1n) is 9.87. The zero-order chi connectivity index (χ0) is 21.4. The Labute approximate surface area is 174 Å². The van der Waals surface area contributed by atoms with Crippen LogP contribution in [-0.2, 0) is 4.74 Å². The standard InChI is InChI=1S/C23H24FN3O3/c1-13-11-14(2)18(17(28)12-13)20-19-21(26-25-20)23(29)27(9-6-10-30-3)22(19)15-7-4-5-8-16(15)24/h4-5,7-8,11-12,22,28H,6,9-10H2,1-3H3,(H,25,26). The highest BCUT2D eigenvalue weighted by Gasteiger charge is 2.43. The average Bonchev–Trinajstić information content (AvgIpc) is 3.22. The number of nitrogens with zero attached hydrogens (tertiary/aromatic N) is 2. The van der Waals surface area contributed by atoms with Crippen LogP contribution in [0.25, 0.3) is 11.3 Å². The molecule has 2 N–H and O–H groups in total. The Morgan fingerprint density at radius 2 is 2.03 bits per heavy atom. The van der Waals surface area contributed by atoms with E-state index in [1.165, 1.54) is 6.07 Å². The molecule has 30 heavy (non-hydrogen) atoms. The molecule has 2 aromatic carbocycles. The number of nitrogens with one attached hydrogen (secondary N) is 1. The maximum atomic E-state index is 14.8. The first-order valence-corrected chi connectivity index (χ1v) is 9.87. The van der Waals surface area contributed by atoms with E-state index in [4.69, 9.17) is 4.74 Å². The topological polar surface area (TPSA) is 78.5 Å². The largest absolute Gasteiger partial charge is 0.507 e. The van der Waals surface area contributed by atoms with E-state index in [9.17, 15) is 14.3 Å². The zero-order valence-electron chi connectivity index (χ0n) is 17.2. The van der Waals surface area contributed by atoms with Crippen molar-refractivity contribution in [2.75, 3.05) is 20.3 Å². The number of aromatic amines is 1. The Hall–Kier alpha value is -3.19. The Morgan fingerprint density at radius 1 is 1.27 bits per heavy atom. The van der Waals surface area contributed by atoms with E-state index in [0.29, 0.717) is 47.7 Å². The minimum absolute atomic E-state index is 0.0827. The second-order valence-electron chi connectivity index (χ2n) is 7.61. The van der Waals surface area contributed by atoms with Crippen molar-refractivity contribution >= 4 is 5.91 Å². The Morgan fingerprint density at radius 3 is 2.73 bits per heavy atom. The molecule has 1 aliphatic heterocycles. The van der Waals surface area contributed by atoms with Gasteiger partial charge in [-0.25, -0.2) is 4.39 Å². The van der Waals surface area contributed by atoms with Gasteiger partial charge in [0.15, 0.2) is 0 Å². The summed E-state index contributed by atoms with van der Waals surface area (Å²) >= 11 is 0. The molecular formula is C23H24FN3O3. The Balaban J connectivity index is 1.90. The average molecular weight is 409 g/mol. The Bertz CT molecular complexity index is 1090. The second-order valence-corrected chi connectivity index (χ2v) is 7.61. The van der Waals surface area contributed by atoms with Crippen molar-refractivity contribution in [2.45, 2.75) is 26.3 Å². The molecule has 1 amide bonds. The van der Waals surface area contributed by atoms with Crippen molar-refractivity contribution in [3.8, 4) is 17.0 Å². The summed E-state index contributed by atoms with van der Waals surface area (Å²) in [5, 5.41) is 17.9. The number of halogens is 1. The minimum atomic E-state index is -0.639. The van der Waals surface area contributed by atoms with Crippen molar-refractivity contribution in [1.29, 1.82) is 0 Å². The summed E-state index contributed by atoms with van der Waals surface area (Å²) in [5.74, 6) is -0.548. The van der Waals surface area contributed by atoms with Gasteiger partial charge in [0, 0.05) is 37.0 Å². The van der Waals surface area contributed by atoms with Crippen LogP contribution in [0.2, 0.25) is 0 Å². The van der Waals surface area contributed by atoms with Crippen LogP contribution >= 0.6 is 0 Å². The molecule has 4 rings (SSSR count). The molecule has 0 fully saturated rings. The number of hydrogen-bond donors (Lipinski definition) is 2. The highest BCUT2D eigenvalue weighted by atomic mass is 19.1. The number of phenols is 1. The Kier molecular flexibility index (Phi) is 5.30. The number of rotatable bonds is 6. The van der Waals surface area contributed by atoms with Gasteiger partial charge in [0.1, 0.15) is 23.0 Å². The van der Waals surface area contributed by atoms with Gasteiger partial charge >= 0.3 is 0 Å². The summed E-state index contributed by atoms with van der Waals surface area (Å²) in [6.07, 6.45) is 0.620. The lowest BCUT2D eigenvalue weighted by atomic mass is 9.93. The van der Waals surface area contributed by atoms with Crippen LogP contribution in [0, 0.1) is 19.7 Å². The van der Waals surface area contributed by atoms with E-state index in [2.05, 4.69) is 10.2 Å². The van der Waals surface area contributed by atoms with Gasteiger partial charge in [0.05, 0.1) is 6.04 Å². The molecule has 0 saturated carbocycles. The van der Waals surface area contributed by atoms with Crippen molar-refractivity contribution < 1.29 is 19.0 Å². The summed E-state index contributed by atoms with van der Waals surface area (Å²) in [7, 11) is 1.60. The number of carbonyl (C=O) groups excluding carboxylic acids is 1. The summed E-state index contributed by atoms with van der Waals surface area (Å²) in [6.45, 7) is 4.68. The van der Waals surface area contributed by atoms with Crippen LogP contribution in [0.3, 0.4) is 0 Å². The van der Waals surface area contributed by atoms with Crippen LogP contribution in [0.5, 0.6) is 5.75 Å². The van der Waals surface area contributed by atoms with E-state index in [-0.39, 0.29) is 11.7 Å². The van der Waals surface area contributed by atoms with Gasteiger partial charge in [-0.05, 0) is 43.5 Å². The quantitative estimate of drug-likeness (QED) is 0.601. The molecule has 1 unspecified atom stereocenters. The van der Waals surface area contributed by atoms with Crippen LogP contribution in [0.1, 0.15) is 45.2 Å². The summed E-state index contributed by atoms with van der Waals surface area (Å²) in [5.41, 5.74) is 4.08. The van der Waals surface area contributed by atoms with E-state index in [1.807, 2.05) is 19.9 Å². The van der Waals surface area contributed by atoms with Crippen molar-refractivity contribution in [1.82, 2.24) is 15.1 Å². The van der Waals surface area contributed by atoms with E-state index >= 15 is 0 Å². The lowest BCUT2D eigenvalue weighted by Gasteiger charge is -2.26. The molecule has 1 aromatic heterocycles. The highest BCUT2D eigenvalue weighted by molar-refractivity contribution is 6.00. The van der Waals surface area contributed by atoms with Crippen molar-refractivity contribution in [2.24, 2.45) is 0 Å². The molecule has 156 valence electrons. The van der Waals surface area contributed by atoms with Crippen LogP contribution < -0.4 is 0 Å². The van der Waals surface area contributed by atoms with Gasteiger partial charge in [0.25, 0.3) is 5.91 Å². The number of aromatic nitrogens is 2. The van der Waals surface area contributed by atoms with Crippen LogP contribution in [-0.4, -0.2) is 46.4 Å². The fourth-order valence-electron chi connectivity index (χ4n) is 4.27. The van der Waals surface area contributed by atoms with E-state index in [1.54, 1.807) is 36.3 Å². The number of carbonyl (C=O) groups is 1. The molecule has 1 aliphatic rings. The number of aryl methyl sites for hydroxylation is 2. The highest BCUT2D eigenvalue weighted by Crippen LogP contribution is 2.46. The SMILES string of the molecule is COCCCN1C(=O)c2[nH]nc(-c3c(C)cc(C)cc3O)c2C1c1ccccc1F. The monoisotopic (exact) mass is 409 g/mol. The summed E-state index contributed by atoms with van der Waals surface area (Å²) in [4.78, 5) is 14.8. The van der Waals surface area contributed by atoms with Gasteiger partial charge in [-0.15, -0.1) is 0 Å². The minimum Gasteiger partial charge on any atom is -0.507 e. The number of phenolic OH excluding ortho intramolecular Hbond substituents is 1. The number of hydrogen-bond acceptors (Lipinski definition) is 4. The zero-order valence-corrected chi connectivity index (χ0v) is 17.2. The lowest BCUT2D eigenvalue weighted by molar-refractivity contribution is 0.0721. The van der Waals surface area contributed by atoms with Crippen molar-refractivity contribution in [3.05, 3.63) is 70.2 Å². The number of ether oxygens (including phenoxy) is 1. The number of aromatic hydroxyl groups is 1. The third-order valence-corrected chi connectivity index (χ3v) is 5.51. The summed E-state index contributed by atoms with van der Waals surface area (Å²) in [6, 6.07) is 9.42. The van der Waals surface area contributed by atoms with Crippen LogP contribution in [0.15, 0.2) is 36.4 Å². The molecule has 0 radical (unpaired) electrons. The van der Waals surface area contributed by atoms with Gasteiger partial charge in [-0.2, -0.15) is 5.10 Å². The fourth-order valence-corrected chi connectivity index (χ4v) is 4.27. The fraction of sp³-hybridized carbons (Fsp3) is 0.304. The maximum Gasteiger partial charge on any atom is 0.273 e. The normalized spacial score (nSPS) is 15.7. The number of benzene rings is 2. The smallest absolute Gasteiger partial charge is 0.273 e. The van der Waals surface area contributed by atoms with Crippen molar-refractivity contribution in [3.63, 3.8) is 0 Å². The molecule has 6 nitrogen and oxygen atoms in total. The van der Waals surface area contributed by atoms with Gasteiger partial charge in [0.2, 0.25) is 0 Å². The lowest BCUT2D eigenvalue weighted by Crippen LogP contribution is -2.31. The maximum absolute atomic E-state index is 14.8. The molecule has 3 aromatic rings. The molecular weight excluding hydrogens is 385 g/mol. The first kappa shape index (κ1) is 20.1. The third kappa shape index (κ3) is 3.25. The second kappa shape index (κ2) is 7.91. The molecule has 0 saturated heterocycles. The molecule has 2 heterocycles. The van der Waals surface area contributed by atoms with Gasteiger partial charge < -0.3 is 14.7 Å². The predicted octanol–water partition coefficient (Wildman–Crippen LogP) is 4.12. The van der Waals surface area contributed by atoms with Crippen LogP contribution in [0.4, 0.5) is 4.39 Å². The predicted molar refractivity (Wildman–Crippen MR) is 111 cm³/mol. The first-order chi connectivity index (χ1) is 14.4. The van der Waals surface area contributed by atoms with Gasteiger partial charge in [-0.1, -0.05) is 24.3 Å². The molecule has 0 bridgehead atoms. The number of H-pyrrole nitrogens is 1. The number of fused-ring (bicyclic) bond motifs is 1. The van der Waals surface area contributed by atoms with E-state index < -0.39 is 11.9 Å². The third-order valence-electron chi connectivity index (χ3n) is 5.51. The van der Waals surface area contributed by atoms with Gasteiger partial charge in [-0.3, -0.25) is 9.89 Å². The molecule has 0 aliphatic carbocycles. The molecule has 7 heteroatoms. The van der Waals surface area contributed by atoms with E-state index in [0.717, 1.165) is 11.1 Å². The molecule has 1 atom stereocenters.